The van der Waals surface area contributed by atoms with Crippen molar-refractivity contribution in [1.29, 1.82) is 0 Å². The number of benzene rings is 2. The zero-order valence-electron chi connectivity index (χ0n) is 16.7. The van der Waals surface area contributed by atoms with Gasteiger partial charge in [0.05, 0.1) is 36.6 Å². The third-order valence-electron chi connectivity index (χ3n) is 6.24. The van der Waals surface area contributed by atoms with Crippen molar-refractivity contribution >= 4 is 16.9 Å². The van der Waals surface area contributed by atoms with Crippen LogP contribution in [0.5, 0.6) is 5.75 Å². The smallest absolute Gasteiger partial charge is 0.259 e. The number of halogens is 1. The molecule has 1 saturated carbocycles. The first kappa shape index (κ1) is 18.1. The summed E-state index contributed by atoms with van der Waals surface area (Å²) in [6.07, 6.45) is 4.03. The largest absolute Gasteiger partial charge is 0.497 e. The number of hydrogen-bond donors (Lipinski definition) is 1. The third kappa shape index (κ3) is 2.80. The van der Waals surface area contributed by atoms with Crippen LogP contribution in [0.1, 0.15) is 28.6 Å². The zero-order valence-corrected chi connectivity index (χ0v) is 16.7. The molecule has 4 aromatic rings. The molecule has 2 aliphatic rings. The van der Waals surface area contributed by atoms with E-state index >= 15 is 0 Å². The Bertz CT molecular complexity index is 1300. The Labute approximate surface area is 176 Å². The quantitative estimate of drug-likeness (QED) is 0.550. The predicted molar refractivity (Wildman–Crippen MR) is 109 cm³/mol. The molecule has 1 aliphatic carbocycles. The van der Waals surface area contributed by atoms with E-state index < -0.39 is 5.82 Å². The van der Waals surface area contributed by atoms with E-state index in [1.807, 2.05) is 18.2 Å². The number of amides is 1. The van der Waals surface area contributed by atoms with Crippen molar-refractivity contribution < 1.29 is 13.9 Å². The highest BCUT2D eigenvalue weighted by Gasteiger charge is 2.56. The van der Waals surface area contributed by atoms with Gasteiger partial charge in [-0.3, -0.25) is 4.79 Å². The standard InChI is InChI=1S/C22H19FN6O2/c1-31-13-5-6-16-17(10-13)27-21(26-16)20-14-9-12(14)11-28(20)22(30)19-15(23)3-2-4-18(19)29-24-7-8-25-29/h2-8,10,12,14,20H,9,11H2,1H3,(H,26,27)/t12-,14-,20-/m0/s1. The van der Waals surface area contributed by atoms with E-state index in [4.69, 9.17) is 9.72 Å². The highest BCUT2D eigenvalue weighted by atomic mass is 19.1. The number of methoxy groups -OCH3 is 1. The SMILES string of the molecule is COc1ccc2nc([C@@H]3[C@H]4C[C@H]4CN3C(=O)c3c(F)cccc3-n3nccn3)[nH]c2c1. The molecule has 1 N–H and O–H groups in total. The average molecular weight is 418 g/mol. The van der Waals surface area contributed by atoms with Gasteiger partial charge in [-0.2, -0.15) is 15.0 Å². The Kier molecular flexibility index (Phi) is 3.86. The summed E-state index contributed by atoms with van der Waals surface area (Å²) in [5, 5.41) is 8.16. The van der Waals surface area contributed by atoms with Crippen molar-refractivity contribution in [3.63, 3.8) is 0 Å². The number of nitrogens with one attached hydrogen (secondary N) is 1. The third-order valence-corrected chi connectivity index (χ3v) is 6.24. The summed E-state index contributed by atoms with van der Waals surface area (Å²) in [6, 6.07) is 9.89. The monoisotopic (exact) mass is 418 g/mol. The number of H-pyrrole nitrogens is 1. The number of likely N-dealkylation sites (tertiary alicyclic amines) is 1. The fraction of sp³-hybridized carbons (Fsp3) is 0.273. The van der Waals surface area contributed by atoms with Crippen molar-refractivity contribution in [2.45, 2.75) is 12.5 Å². The van der Waals surface area contributed by atoms with Crippen LogP contribution in [0.15, 0.2) is 48.8 Å². The molecular weight excluding hydrogens is 399 g/mol. The highest BCUT2D eigenvalue weighted by Crippen LogP contribution is 2.56. The number of rotatable bonds is 4. The van der Waals surface area contributed by atoms with Crippen LogP contribution in [0.25, 0.3) is 16.7 Å². The minimum atomic E-state index is -0.589. The number of carbonyl (C=O) groups excluding carboxylic acids is 1. The van der Waals surface area contributed by atoms with Crippen LogP contribution in [-0.2, 0) is 0 Å². The van der Waals surface area contributed by atoms with Crippen molar-refractivity contribution in [1.82, 2.24) is 29.9 Å². The van der Waals surface area contributed by atoms with E-state index in [0.717, 1.165) is 29.0 Å². The number of carbonyl (C=O) groups is 1. The van der Waals surface area contributed by atoms with Gasteiger partial charge in [0, 0.05) is 12.6 Å². The summed E-state index contributed by atoms with van der Waals surface area (Å²) in [5.41, 5.74) is 1.95. The molecular formula is C22H19FN6O2. The summed E-state index contributed by atoms with van der Waals surface area (Å²) < 4.78 is 20.2. The van der Waals surface area contributed by atoms with Gasteiger partial charge in [-0.05, 0) is 42.5 Å². The topological polar surface area (TPSA) is 88.9 Å². The lowest BCUT2D eigenvalue weighted by atomic mass is 10.1. The molecule has 3 heterocycles. The van der Waals surface area contributed by atoms with Crippen LogP contribution in [-0.4, -0.2) is 49.4 Å². The molecule has 1 saturated heterocycles. The number of aromatic amines is 1. The number of piperidine rings is 1. The highest BCUT2D eigenvalue weighted by molar-refractivity contribution is 5.98. The van der Waals surface area contributed by atoms with Gasteiger partial charge in [-0.25, -0.2) is 9.37 Å². The lowest BCUT2D eigenvalue weighted by molar-refractivity contribution is 0.0694. The van der Waals surface area contributed by atoms with E-state index in [9.17, 15) is 9.18 Å². The van der Waals surface area contributed by atoms with E-state index in [0.29, 0.717) is 24.1 Å². The first-order valence-electron chi connectivity index (χ1n) is 10.1. The van der Waals surface area contributed by atoms with Gasteiger partial charge >= 0.3 is 0 Å². The van der Waals surface area contributed by atoms with Crippen LogP contribution in [0.2, 0.25) is 0 Å². The average Bonchev–Trinajstić information content (AvgIpc) is 3.19. The van der Waals surface area contributed by atoms with E-state index in [2.05, 4.69) is 15.2 Å². The molecule has 2 aromatic heterocycles. The van der Waals surface area contributed by atoms with Gasteiger partial charge in [0.1, 0.15) is 28.6 Å². The molecule has 3 atom stereocenters. The second-order valence-electron chi connectivity index (χ2n) is 8.02. The van der Waals surface area contributed by atoms with Crippen LogP contribution < -0.4 is 4.74 Å². The maximum absolute atomic E-state index is 14.9. The van der Waals surface area contributed by atoms with Crippen LogP contribution in [0.3, 0.4) is 0 Å². The number of imidazole rings is 1. The summed E-state index contributed by atoms with van der Waals surface area (Å²) in [6.45, 7) is 0.578. The van der Waals surface area contributed by atoms with Gasteiger partial charge in [-0.1, -0.05) is 6.07 Å². The summed E-state index contributed by atoms with van der Waals surface area (Å²) in [5.74, 6) is 1.22. The second-order valence-corrected chi connectivity index (χ2v) is 8.02. The van der Waals surface area contributed by atoms with Gasteiger partial charge in [0.15, 0.2) is 0 Å². The van der Waals surface area contributed by atoms with Crippen molar-refractivity contribution in [2.75, 3.05) is 13.7 Å². The molecule has 156 valence electrons. The summed E-state index contributed by atoms with van der Waals surface area (Å²) in [4.78, 5) is 24.7. The van der Waals surface area contributed by atoms with Crippen LogP contribution >= 0.6 is 0 Å². The lowest BCUT2D eigenvalue weighted by Crippen LogP contribution is -2.35. The summed E-state index contributed by atoms with van der Waals surface area (Å²) >= 11 is 0. The fourth-order valence-electron chi connectivity index (χ4n) is 4.68. The maximum Gasteiger partial charge on any atom is 0.259 e. The molecule has 0 radical (unpaired) electrons. The number of hydrogen-bond acceptors (Lipinski definition) is 5. The van der Waals surface area contributed by atoms with Crippen LogP contribution in [0.4, 0.5) is 4.39 Å². The normalized spacial score (nSPS) is 22.0. The predicted octanol–water partition coefficient (Wildman–Crippen LogP) is 3.12. The molecule has 0 bridgehead atoms. The van der Waals surface area contributed by atoms with Crippen molar-refractivity contribution in [3.05, 3.63) is 66.0 Å². The first-order chi connectivity index (χ1) is 15.1. The van der Waals surface area contributed by atoms with Gasteiger partial charge in [0.2, 0.25) is 0 Å². The molecule has 31 heavy (non-hydrogen) atoms. The Morgan fingerprint density at radius 1 is 1.23 bits per heavy atom. The van der Waals surface area contributed by atoms with Crippen molar-refractivity contribution in [2.24, 2.45) is 11.8 Å². The Morgan fingerprint density at radius 2 is 2.06 bits per heavy atom. The van der Waals surface area contributed by atoms with E-state index in [-0.39, 0.29) is 17.5 Å². The zero-order chi connectivity index (χ0) is 21.1. The molecule has 6 rings (SSSR count). The first-order valence-corrected chi connectivity index (χ1v) is 10.1. The Morgan fingerprint density at radius 3 is 2.87 bits per heavy atom. The minimum absolute atomic E-state index is 0.0252. The lowest BCUT2D eigenvalue weighted by Gasteiger charge is -2.27. The van der Waals surface area contributed by atoms with E-state index in [1.165, 1.54) is 23.3 Å². The molecule has 1 amide bonds. The molecule has 8 nitrogen and oxygen atoms in total. The molecule has 2 aromatic carbocycles. The number of fused-ring (bicyclic) bond motifs is 2. The second kappa shape index (κ2) is 6.63. The maximum atomic E-state index is 14.9. The summed E-state index contributed by atoms with van der Waals surface area (Å²) in [7, 11) is 1.62. The number of ether oxygens (including phenoxy) is 1. The molecule has 0 unspecified atom stereocenters. The van der Waals surface area contributed by atoms with Crippen LogP contribution in [0, 0.1) is 17.7 Å². The van der Waals surface area contributed by atoms with Gasteiger partial charge in [-0.15, -0.1) is 0 Å². The Balaban J connectivity index is 1.41. The molecule has 1 aliphatic heterocycles. The van der Waals surface area contributed by atoms with E-state index in [1.54, 1.807) is 24.1 Å². The van der Waals surface area contributed by atoms with Gasteiger partial charge in [0.25, 0.3) is 5.91 Å². The fourth-order valence-corrected chi connectivity index (χ4v) is 4.68. The number of aromatic nitrogens is 5. The molecule has 2 fully saturated rings. The molecule has 9 heteroatoms. The minimum Gasteiger partial charge on any atom is -0.497 e. The van der Waals surface area contributed by atoms with Gasteiger partial charge < -0.3 is 14.6 Å². The molecule has 0 spiro atoms. The number of nitrogens with zero attached hydrogens (tertiary/aromatic N) is 5. The Hall–Kier alpha value is -3.75. The van der Waals surface area contributed by atoms with Crippen molar-refractivity contribution in [3.8, 4) is 11.4 Å².